The number of carbonyl (C=O) groups excluding carboxylic acids is 2. The zero-order chi connectivity index (χ0) is 21.0. The molecule has 0 bridgehead atoms. The Morgan fingerprint density at radius 3 is 2.31 bits per heavy atom. The van der Waals surface area contributed by atoms with E-state index >= 15 is 0 Å². The largest absolute Gasteiger partial charge is 0.507 e. The van der Waals surface area contributed by atoms with Crippen molar-refractivity contribution in [3.05, 3.63) is 70.5 Å². The molecule has 29 heavy (non-hydrogen) atoms. The number of pyridine rings is 1. The standard InChI is InChI=1S/C22H24ClN3O3/c1-3-25(4-2)13-14-26-19(15-9-11-24-12-10-15)18(21(28)22(26)29)20(27)16-5-7-17(23)8-6-16/h5-12,19,27H,3-4,13-14H2,1-2H3/b20-18-. The maximum Gasteiger partial charge on any atom is 0.295 e. The molecule has 1 aromatic heterocycles. The molecule has 0 saturated carbocycles. The highest BCUT2D eigenvalue weighted by Crippen LogP contribution is 2.39. The number of aliphatic hydroxyl groups is 1. The third-order valence-corrected chi connectivity index (χ3v) is 5.48. The molecule has 7 heteroatoms. The summed E-state index contributed by atoms with van der Waals surface area (Å²) >= 11 is 5.94. The number of ketones is 1. The number of Topliss-reactive ketones (excluding diaryl/α,β-unsaturated/α-hetero) is 1. The molecule has 1 atom stereocenters. The minimum Gasteiger partial charge on any atom is -0.507 e. The van der Waals surface area contributed by atoms with Gasteiger partial charge in [0.2, 0.25) is 0 Å². The molecule has 1 fully saturated rings. The number of halogens is 1. The van der Waals surface area contributed by atoms with Gasteiger partial charge in [-0.25, -0.2) is 0 Å². The average molecular weight is 414 g/mol. The molecule has 0 radical (unpaired) electrons. The first-order valence-corrected chi connectivity index (χ1v) is 10.0. The van der Waals surface area contributed by atoms with E-state index in [1.807, 2.05) is 0 Å². The van der Waals surface area contributed by atoms with Crippen molar-refractivity contribution in [2.45, 2.75) is 19.9 Å². The van der Waals surface area contributed by atoms with Crippen LogP contribution in [-0.4, -0.2) is 57.8 Å². The summed E-state index contributed by atoms with van der Waals surface area (Å²) in [5.74, 6) is -1.49. The lowest BCUT2D eigenvalue weighted by Gasteiger charge is -2.28. The fourth-order valence-electron chi connectivity index (χ4n) is 3.56. The van der Waals surface area contributed by atoms with E-state index in [-0.39, 0.29) is 11.3 Å². The molecule has 2 aromatic rings. The van der Waals surface area contributed by atoms with Crippen molar-refractivity contribution in [1.82, 2.24) is 14.8 Å². The summed E-state index contributed by atoms with van der Waals surface area (Å²) < 4.78 is 0. The second kappa shape index (κ2) is 9.20. The van der Waals surface area contributed by atoms with Crippen LogP contribution in [0.3, 0.4) is 0 Å². The number of hydrogen-bond donors (Lipinski definition) is 1. The molecule has 3 rings (SSSR count). The van der Waals surface area contributed by atoms with Gasteiger partial charge >= 0.3 is 0 Å². The first-order chi connectivity index (χ1) is 14.0. The van der Waals surface area contributed by atoms with Crippen LogP contribution in [0.1, 0.15) is 31.0 Å². The van der Waals surface area contributed by atoms with Crippen molar-refractivity contribution in [2.75, 3.05) is 26.2 Å². The zero-order valence-corrected chi connectivity index (χ0v) is 17.3. The Labute approximate surface area is 175 Å². The van der Waals surface area contributed by atoms with Gasteiger partial charge in [0.05, 0.1) is 11.6 Å². The highest BCUT2D eigenvalue weighted by molar-refractivity contribution is 6.46. The molecule has 1 amide bonds. The maximum absolute atomic E-state index is 12.9. The van der Waals surface area contributed by atoms with Gasteiger partial charge in [-0.15, -0.1) is 0 Å². The second-order valence-corrected chi connectivity index (χ2v) is 7.24. The highest BCUT2D eigenvalue weighted by Gasteiger charge is 2.45. The first-order valence-electron chi connectivity index (χ1n) is 9.64. The van der Waals surface area contributed by atoms with Crippen LogP contribution in [0.25, 0.3) is 5.76 Å². The summed E-state index contributed by atoms with van der Waals surface area (Å²) in [5, 5.41) is 11.4. The number of amides is 1. The Kier molecular flexibility index (Phi) is 6.67. The maximum atomic E-state index is 12.9. The summed E-state index contributed by atoms with van der Waals surface area (Å²) in [6.45, 7) is 6.84. The number of benzene rings is 1. The van der Waals surface area contributed by atoms with Gasteiger partial charge in [-0.2, -0.15) is 0 Å². The van der Waals surface area contributed by atoms with Crippen molar-refractivity contribution in [3.63, 3.8) is 0 Å². The molecule has 152 valence electrons. The fraction of sp³-hybridized carbons (Fsp3) is 0.318. The van der Waals surface area contributed by atoms with Crippen molar-refractivity contribution in [1.29, 1.82) is 0 Å². The van der Waals surface area contributed by atoms with E-state index in [0.717, 1.165) is 18.7 Å². The molecule has 1 unspecified atom stereocenters. The Balaban J connectivity index is 2.06. The molecular weight excluding hydrogens is 390 g/mol. The van der Waals surface area contributed by atoms with Gasteiger partial charge in [0.25, 0.3) is 11.7 Å². The molecular formula is C22H24ClN3O3. The van der Waals surface area contributed by atoms with Crippen LogP contribution in [0.5, 0.6) is 0 Å². The van der Waals surface area contributed by atoms with E-state index in [0.29, 0.717) is 23.7 Å². The van der Waals surface area contributed by atoms with E-state index in [4.69, 9.17) is 11.6 Å². The Bertz CT molecular complexity index is 909. The SMILES string of the molecule is CCN(CC)CCN1C(=O)C(=O)/C(=C(\O)c2ccc(Cl)cc2)C1c1ccncc1. The van der Waals surface area contributed by atoms with E-state index in [1.165, 1.54) is 4.90 Å². The first kappa shape index (κ1) is 21.0. The van der Waals surface area contributed by atoms with Crippen LogP contribution in [0.15, 0.2) is 54.4 Å². The van der Waals surface area contributed by atoms with Gasteiger partial charge in [0.15, 0.2) is 0 Å². The zero-order valence-electron chi connectivity index (χ0n) is 16.5. The number of aromatic nitrogens is 1. The lowest BCUT2D eigenvalue weighted by molar-refractivity contribution is -0.140. The molecule has 1 saturated heterocycles. The van der Waals surface area contributed by atoms with Crippen molar-refractivity contribution < 1.29 is 14.7 Å². The summed E-state index contributed by atoms with van der Waals surface area (Å²) in [6.07, 6.45) is 3.23. The molecule has 1 N–H and O–H groups in total. The monoisotopic (exact) mass is 413 g/mol. The minimum absolute atomic E-state index is 0.0862. The summed E-state index contributed by atoms with van der Waals surface area (Å²) in [5.41, 5.74) is 1.26. The predicted molar refractivity (Wildman–Crippen MR) is 112 cm³/mol. The summed E-state index contributed by atoms with van der Waals surface area (Å²) in [4.78, 5) is 33.5. The molecule has 0 spiro atoms. The summed E-state index contributed by atoms with van der Waals surface area (Å²) in [6, 6.07) is 9.38. The molecule has 1 aliphatic heterocycles. The van der Waals surface area contributed by atoms with Gasteiger partial charge in [0, 0.05) is 36.1 Å². The molecule has 0 aliphatic carbocycles. The lowest BCUT2D eigenvalue weighted by Crippen LogP contribution is -2.38. The quantitative estimate of drug-likeness (QED) is 0.427. The van der Waals surface area contributed by atoms with E-state index in [9.17, 15) is 14.7 Å². The Hall–Kier alpha value is -2.70. The van der Waals surface area contributed by atoms with Crippen LogP contribution >= 0.6 is 11.6 Å². The normalized spacial score (nSPS) is 18.6. The van der Waals surface area contributed by atoms with E-state index in [1.54, 1.807) is 48.8 Å². The Morgan fingerprint density at radius 2 is 1.72 bits per heavy atom. The van der Waals surface area contributed by atoms with Crippen molar-refractivity contribution >= 4 is 29.1 Å². The number of carbonyl (C=O) groups is 2. The number of likely N-dealkylation sites (tertiary alicyclic amines) is 1. The number of nitrogens with zero attached hydrogens (tertiary/aromatic N) is 3. The average Bonchev–Trinajstić information content (AvgIpc) is 3.00. The predicted octanol–water partition coefficient (Wildman–Crippen LogP) is 3.50. The summed E-state index contributed by atoms with van der Waals surface area (Å²) in [7, 11) is 0. The molecule has 1 aromatic carbocycles. The van der Waals surface area contributed by atoms with Gasteiger partial charge in [0.1, 0.15) is 5.76 Å². The van der Waals surface area contributed by atoms with Crippen LogP contribution in [0.4, 0.5) is 0 Å². The fourth-order valence-corrected chi connectivity index (χ4v) is 3.68. The molecule has 6 nitrogen and oxygen atoms in total. The topological polar surface area (TPSA) is 73.7 Å². The Morgan fingerprint density at radius 1 is 1.10 bits per heavy atom. The number of hydrogen-bond acceptors (Lipinski definition) is 5. The van der Waals surface area contributed by atoms with Gasteiger partial charge in [-0.3, -0.25) is 14.6 Å². The smallest absolute Gasteiger partial charge is 0.295 e. The third-order valence-electron chi connectivity index (χ3n) is 5.23. The number of rotatable bonds is 7. The van der Waals surface area contributed by atoms with Gasteiger partial charge < -0.3 is 14.9 Å². The van der Waals surface area contributed by atoms with E-state index < -0.39 is 17.7 Å². The van der Waals surface area contributed by atoms with E-state index in [2.05, 4.69) is 23.7 Å². The van der Waals surface area contributed by atoms with Crippen molar-refractivity contribution in [2.24, 2.45) is 0 Å². The van der Waals surface area contributed by atoms with Crippen LogP contribution in [-0.2, 0) is 9.59 Å². The van der Waals surface area contributed by atoms with Gasteiger partial charge in [-0.1, -0.05) is 25.4 Å². The number of likely N-dealkylation sites (N-methyl/N-ethyl adjacent to an activating group) is 1. The van der Waals surface area contributed by atoms with Crippen LogP contribution in [0.2, 0.25) is 5.02 Å². The van der Waals surface area contributed by atoms with Gasteiger partial charge in [-0.05, 0) is 55.1 Å². The van der Waals surface area contributed by atoms with Crippen LogP contribution < -0.4 is 0 Å². The van der Waals surface area contributed by atoms with Crippen LogP contribution in [0, 0.1) is 0 Å². The second-order valence-electron chi connectivity index (χ2n) is 6.81. The molecule has 2 heterocycles. The number of aliphatic hydroxyl groups excluding tert-OH is 1. The molecule has 1 aliphatic rings. The minimum atomic E-state index is -0.682. The third kappa shape index (κ3) is 4.33. The van der Waals surface area contributed by atoms with Crippen molar-refractivity contribution in [3.8, 4) is 0 Å². The lowest BCUT2D eigenvalue weighted by atomic mass is 9.96. The highest BCUT2D eigenvalue weighted by atomic mass is 35.5.